The highest BCUT2D eigenvalue weighted by Gasteiger charge is 2.17. The molecule has 0 radical (unpaired) electrons. The number of amides is 1. The summed E-state index contributed by atoms with van der Waals surface area (Å²) < 4.78 is 5.68. The predicted octanol–water partition coefficient (Wildman–Crippen LogP) is 5.00. The van der Waals surface area contributed by atoms with Gasteiger partial charge in [0.15, 0.2) is 0 Å². The second-order valence-electron chi connectivity index (χ2n) is 6.72. The van der Waals surface area contributed by atoms with Crippen LogP contribution in [0, 0.1) is 19.8 Å². The second kappa shape index (κ2) is 7.79. The van der Waals surface area contributed by atoms with Crippen molar-refractivity contribution in [1.82, 2.24) is 4.98 Å². The van der Waals surface area contributed by atoms with Gasteiger partial charge < -0.3 is 10.1 Å². The fourth-order valence-electron chi connectivity index (χ4n) is 2.40. The Morgan fingerprint density at radius 3 is 2.54 bits per heavy atom. The van der Waals surface area contributed by atoms with E-state index in [1.165, 1.54) is 11.3 Å². The normalized spacial score (nSPS) is 11.2. The Kier molecular flexibility index (Phi) is 5.99. The number of hydrogen-bond acceptors (Lipinski definition) is 4. The highest BCUT2D eigenvalue weighted by molar-refractivity contribution is 7.13. The lowest BCUT2D eigenvalue weighted by molar-refractivity contribution is 0.102. The van der Waals surface area contributed by atoms with Gasteiger partial charge in [-0.15, -0.1) is 11.3 Å². The summed E-state index contributed by atoms with van der Waals surface area (Å²) in [4.78, 5) is 17.8. The van der Waals surface area contributed by atoms with E-state index in [9.17, 15) is 4.79 Å². The Morgan fingerprint density at radius 1 is 1.25 bits per heavy atom. The van der Waals surface area contributed by atoms with Gasteiger partial charge in [-0.2, -0.15) is 0 Å². The highest BCUT2D eigenvalue weighted by Crippen LogP contribution is 2.25. The summed E-state index contributed by atoms with van der Waals surface area (Å²) in [6.07, 6.45) is 1.03. The summed E-state index contributed by atoms with van der Waals surface area (Å²) in [5.41, 5.74) is 2.57. The monoisotopic (exact) mass is 346 g/mol. The lowest BCUT2D eigenvalue weighted by atomic mass is 10.1. The quantitative estimate of drug-likeness (QED) is 0.801. The van der Waals surface area contributed by atoms with Crippen molar-refractivity contribution in [2.75, 3.05) is 5.32 Å². The minimum atomic E-state index is -0.0966. The molecule has 0 spiro atoms. The van der Waals surface area contributed by atoms with E-state index in [0.29, 0.717) is 10.8 Å². The van der Waals surface area contributed by atoms with E-state index in [2.05, 4.69) is 24.1 Å². The fraction of sp³-hybridized carbons (Fsp3) is 0.474. The molecular weight excluding hydrogens is 320 g/mol. The molecule has 5 heteroatoms. The van der Waals surface area contributed by atoms with Crippen LogP contribution in [0.1, 0.15) is 53.6 Å². The van der Waals surface area contributed by atoms with Crippen molar-refractivity contribution in [3.05, 3.63) is 39.3 Å². The molecule has 0 aliphatic heterocycles. The van der Waals surface area contributed by atoms with Crippen LogP contribution in [0.4, 0.5) is 5.69 Å². The molecule has 1 heterocycles. The molecule has 0 fully saturated rings. The summed E-state index contributed by atoms with van der Waals surface area (Å²) in [5, 5.41) is 4.01. The molecule has 1 aromatic carbocycles. The first kappa shape index (κ1) is 18.5. The molecule has 0 atom stereocenters. The molecule has 2 rings (SSSR count). The Bertz CT molecular complexity index is 720. The smallest absolute Gasteiger partial charge is 0.267 e. The Morgan fingerprint density at radius 2 is 1.96 bits per heavy atom. The Hall–Kier alpha value is -1.88. The summed E-state index contributed by atoms with van der Waals surface area (Å²) in [5.74, 6) is 1.25. The maximum absolute atomic E-state index is 12.6. The van der Waals surface area contributed by atoms with Crippen molar-refractivity contribution in [1.29, 1.82) is 0 Å². The van der Waals surface area contributed by atoms with Crippen LogP contribution in [0.5, 0.6) is 5.75 Å². The van der Waals surface area contributed by atoms with Crippen LogP contribution in [0.2, 0.25) is 0 Å². The van der Waals surface area contributed by atoms with Crippen molar-refractivity contribution in [3.8, 4) is 5.75 Å². The molecule has 24 heavy (non-hydrogen) atoms. The third-order valence-electron chi connectivity index (χ3n) is 3.45. The van der Waals surface area contributed by atoms with Gasteiger partial charge in [0.1, 0.15) is 10.6 Å². The number of carbonyl (C=O) groups excluding carboxylic acids is 1. The molecule has 0 unspecified atom stereocenters. The van der Waals surface area contributed by atoms with Gasteiger partial charge in [0.25, 0.3) is 5.91 Å². The van der Waals surface area contributed by atoms with Gasteiger partial charge in [0, 0.05) is 12.1 Å². The van der Waals surface area contributed by atoms with E-state index in [1.54, 1.807) is 0 Å². The van der Waals surface area contributed by atoms with E-state index >= 15 is 0 Å². The van der Waals surface area contributed by atoms with Crippen LogP contribution in [-0.2, 0) is 6.42 Å². The third kappa shape index (κ3) is 4.81. The first-order valence-corrected chi connectivity index (χ1v) is 9.13. The number of aromatic nitrogens is 1. The molecule has 1 aromatic heterocycles. The SMILES string of the molecule is Cc1cc(OC(C)C)ccc1NC(=O)c1sc(CC(C)C)nc1C. The van der Waals surface area contributed by atoms with Crippen LogP contribution < -0.4 is 10.1 Å². The zero-order valence-electron chi connectivity index (χ0n) is 15.3. The average molecular weight is 346 g/mol. The molecule has 0 saturated carbocycles. The number of hydrogen-bond donors (Lipinski definition) is 1. The van der Waals surface area contributed by atoms with E-state index in [1.807, 2.05) is 45.9 Å². The number of thiazole rings is 1. The van der Waals surface area contributed by atoms with Gasteiger partial charge in [-0.1, -0.05) is 13.8 Å². The van der Waals surface area contributed by atoms with Crippen molar-refractivity contribution < 1.29 is 9.53 Å². The van der Waals surface area contributed by atoms with Crippen molar-refractivity contribution >= 4 is 22.9 Å². The maximum Gasteiger partial charge on any atom is 0.267 e. The average Bonchev–Trinajstić information content (AvgIpc) is 2.81. The number of anilines is 1. The molecule has 0 aliphatic rings. The minimum absolute atomic E-state index is 0.0966. The lowest BCUT2D eigenvalue weighted by Gasteiger charge is -2.13. The number of rotatable bonds is 6. The molecule has 130 valence electrons. The number of benzene rings is 1. The van der Waals surface area contributed by atoms with Crippen LogP contribution in [-0.4, -0.2) is 17.0 Å². The van der Waals surface area contributed by atoms with E-state index in [4.69, 9.17) is 4.74 Å². The number of nitrogens with one attached hydrogen (secondary N) is 1. The van der Waals surface area contributed by atoms with E-state index in [0.717, 1.165) is 34.1 Å². The van der Waals surface area contributed by atoms with Gasteiger partial charge in [-0.25, -0.2) is 4.98 Å². The number of ether oxygens (including phenoxy) is 1. The molecule has 1 amide bonds. The van der Waals surface area contributed by atoms with Crippen LogP contribution in [0.15, 0.2) is 18.2 Å². The topological polar surface area (TPSA) is 51.2 Å². The van der Waals surface area contributed by atoms with Crippen LogP contribution in [0.3, 0.4) is 0 Å². The molecule has 1 N–H and O–H groups in total. The summed E-state index contributed by atoms with van der Waals surface area (Å²) in [6, 6.07) is 5.71. The summed E-state index contributed by atoms with van der Waals surface area (Å²) >= 11 is 1.48. The second-order valence-corrected chi connectivity index (χ2v) is 7.80. The highest BCUT2D eigenvalue weighted by atomic mass is 32.1. The zero-order chi connectivity index (χ0) is 17.9. The Labute approximate surface area is 148 Å². The molecule has 0 saturated heterocycles. The fourth-order valence-corrected chi connectivity index (χ4v) is 3.57. The first-order valence-electron chi connectivity index (χ1n) is 8.31. The summed E-state index contributed by atoms with van der Waals surface area (Å²) in [7, 11) is 0. The van der Waals surface area contributed by atoms with Gasteiger partial charge in [0.05, 0.1) is 16.8 Å². The first-order chi connectivity index (χ1) is 11.3. The van der Waals surface area contributed by atoms with Crippen LogP contribution >= 0.6 is 11.3 Å². The van der Waals surface area contributed by atoms with Crippen molar-refractivity contribution in [3.63, 3.8) is 0 Å². The molecule has 4 nitrogen and oxygen atoms in total. The van der Waals surface area contributed by atoms with Gasteiger partial charge in [-0.05, 0) is 57.4 Å². The predicted molar refractivity (Wildman–Crippen MR) is 100 cm³/mol. The van der Waals surface area contributed by atoms with Crippen LogP contribution in [0.25, 0.3) is 0 Å². The standard InChI is InChI=1S/C19H26N2O2S/c1-11(2)9-17-20-14(6)18(24-17)19(22)21-16-8-7-15(10-13(16)5)23-12(3)4/h7-8,10-12H,9H2,1-6H3,(H,21,22). The molecule has 0 bridgehead atoms. The summed E-state index contributed by atoms with van der Waals surface area (Å²) in [6.45, 7) is 12.1. The van der Waals surface area contributed by atoms with Gasteiger partial charge in [0.2, 0.25) is 0 Å². The Balaban J connectivity index is 2.13. The number of carbonyl (C=O) groups is 1. The van der Waals surface area contributed by atoms with E-state index in [-0.39, 0.29) is 12.0 Å². The lowest BCUT2D eigenvalue weighted by Crippen LogP contribution is -2.13. The van der Waals surface area contributed by atoms with Crippen molar-refractivity contribution in [2.45, 2.75) is 54.1 Å². The van der Waals surface area contributed by atoms with Crippen molar-refractivity contribution in [2.24, 2.45) is 5.92 Å². The molecular formula is C19H26N2O2S. The number of aryl methyl sites for hydroxylation is 2. The van der Waals surface area contributed by atoms with E-state index < -0.39 is 0 Å². The van der Waals surface area contributed by atoms with Gasteiger partial charge >= 0.3 is 0 Å². The molecule has 0 aliphatic carbocycles. The largest absolute Gasteiger partial charge is 0.491 e. The third-order valence-corrected chi connectivity index (χ3v) is 4.63. The zero-order valence-corrected chi connectivity index (χ0v) is 16.1. The molecule has 2 aromatic rings. The number of nitrogens with zero attached hydrogens (tertiary/aromatic N) is 1. The minimum Gasteiger partial charge on any atom is -0.491 e. The van der Waals surface area contributed by atoms with Gasteiger partial charge in [-0.3, -0.25) is 4.79 Å². The maximum atomic E-state index is 12.6.